The third-order valence-electron chi connectivity index (χ3n) is 5.23. The molecule has 8 nitrogen and oxygen atoms in total. The fourth-order valence-electron chi connectivity index (χ4n) is 3.62. The van der Waals surface area contributed by atoms with Crippen LogP contribution in [0.25, 0.3) is 0 Å². The lowest BCUT2D eigenvalue weighted by Crippen LogP contribution is -2.36. The first-order valence-corrected chi connectivity index (χ1v) is 10.8. The van der Waals surface area contributed by atoms with Gasteiger partial charge in [0.1, 0.15) is 0 Å². The van der Waals surface area contributed by atoms with Crippen molar-refractivity contribution >= 4 is 17.7 Å². The van der Waals surface area contributed by atoms with Crippen LogP contribution in [0.4, 0.5) is 10.5 Å². The average Bonchev–Trinajstić information content (AvgIpc) is 3.48. The lowest BCUT2D eigenvalue weighted by atomic mass is 10.2. The Bertz CT molecular complexity index is 941. The number of guanidine groups is 1. The molecule has 0 saturated carbocycles. The molecule has 2 aliphatic rings. The number of carbonyl (C=O) groups excluding carboxylic acids is 1. The SMILES string of the molecule is CCNC(=NCc1cccc(NC(=O)N2CCCC2)c1)NCc1ccc2c(c1)OCO2. The average molecular weight is 424 g/mol. The van der Waals surface area contributed by atoms with Crippen LogP contribution in [-0.2, 0) is 13.1 Å². The molecule has 0 aromatic heterocycles. The summed E-state index contributed by atoms with van der Waals surface area (Å²) in [5, 5.41) is 9.60. The first-order valence-electron chi connectivity index (χ1n) is 10.8. The van der Waals surface area contributed by atoms with Crippen LogP contribution < -0.4 is 25.4 Å². The zero-order chi connectivity index (χ0) is 21.5. The maximum absolute atomic E-state index is 12.3. The Morgan fingerprint density at radius 2 is 1.87 bits per heavy atom. The molecular formula is C23H29N5O3. The van der Waals surface area contributed by atoms with Crippen LogP contribution in [-0.4, -0.2) is 43.3 Å². The zero-order valence-electron chi connectivity index (χ0n) is 17.8. The van der Waals surface area contributed by atoms with E-state index in [0.29, 0.717) is 13.1 Å². The maximum Gasteiger partial charge on any atom is 0.321 e. The number of urea groups is 1. The maximum atomic E-state index is 12.3. The molecule has 0 unspecified atom stereocenters. The molecule has 0 atom stereocenters. The molecule has 3 N–H and O–H groups in total. The summed E-state index contributed by atoms with van der Waals surface area (Å²) in [4.78, 5) is 18.9. The quantitative estimate of drug-likeness (QED) is 0.490. The van der Waals surface area contributed by atoms with E-state index < -0.39 is 0 Å². The van der Waals surface area contributed by atoms with Crippen molar-refractivity contribution in [2.75, 3.05) is 31.7 Å². The molecule has 2 aromatic rings. The van der Waals surface area contributed by atoms with Gasteiger partial charge in [0.05, 0.1) is 6.54 Å². The van der Waals surface area contributed by atoms with Gasteiger partial charge in [0.25, 0.3) is 0 Å². The van der Waals surface area contributed by atoms with Crippen molar-refractivity contribution in [2.24, 2.45) is 4.99 Å². The second-order valence-electron chi connectivity index (χ2n) is 7.56. The highest BCUT2D eigenvalue weighted by molar-refractivity contribution is 5.89. The fourth-order valence-corrected chi connectivity index (χ4v) is 3.62. The molecule has 31 heavy (non-hydrogen) atoms. The molecule has 164 valence electrons. The standard InChI is InChI=1S/C23H29N5O3/c1-2-24-22(26-15-18-8-9-20-21(13-18)31-16-30-20)25-14-17-6-5-7-19(12-17)27-23(29)28-10-3-4-11-28/h5-9,12-13H,2-4,10-11,14-16H2,1H3,(H,27,29)(H2,24,25,26). The highest BCUT2D eigenvalue weighted by Crippen LogP contribution is 2.32. The normalized spacial score (nSPS) is 15.1. The monoisotopic (exact) mass is 423 g/mol. The number of hydrogen-bond donors (Lipinski definition) is 3. The fraction of sp³-hybridized carbons (Fsp3) is 0.391. The summed E-state index contributed by atoms with van der Waals surface area (Å²) in [5.41, 5.74) is 2.91. The molecule has 0 spiro atoms. The number of carbonyl (C=O) groups is 1. The number of amides is 2. The molecule has 0 radical (unpaired) electrons. The Kier molecular flexibility index (Phi) is 6.76. The van der Waals surface area contributed by atoms with Crippen LogP contribution in [0.1, 0.15) is 30.9 Å². The Morgan fingerprint density at radius 3 is 2.71 bits per heavy atom. The third-order valence-corrected chi connectivity index (χ3v) is 5.23. The van der Waals surface area contributed by atoms with E-state index in [0.717, 1.165) is 66.7 Å². The van der Waals surface area contributed by atoms with Crippen molar-refractivity contribution in [1.82, 2.24) is 15.5 Å². The Balaban J connectivity index is 1.35. The number of nitrogens with one attached hydrogen (secondary N) is 3. The largest absolute Gasteiger partial charge is 0.454 e. The van der Waals surface area contributed by atoms with Gasteiger partial charge in [0.15, 0.2) is 17.5 Å². The summed E-state index contributed by atoms with van der Waals surface area (Å²) in [5.74, 6) is 2.28. The molecule has 1 fully saturated rings. The molecule has 2 heterocycles. The van der Waals surface area contributed by atoms with Gasteiger partial charge in [-0.3, -0.25) is 0 Å². The second-order valence-corrected chi connectivity index (χ2v) is 7.56. The van der Waals surface area contributed by atoms with Gasteiger partial charge < -0.3 is 30.3 Å². The van der Waals surface area contributed by atoms with Gasteiger partial charge in [0.2, 0.25) is 6.79 Å². The third kappa shape index (κ3) is 5.59. The van der Waals surface area contributed by atoms with Gasteiger partial charge in [-0.1, -0.05) is 18.2 Å². The van der Waals surface area contributed by atoms with Gasteiger partial charge in [0, 0.05) is 31.9 Å². The van der Waals surface area contributed by atoms with E-state index in [9.17, 15) is 4.79 Å². The lowest BCUT2D eigenvalue weighted by Gasteiger charge is -2.16. The van der Waals surface area contributed by atoms with E-state index >= 15 is 0 Å². The van der Waals surface area contributed by atoms with Gasteiger partial charge in [-0.25, -0.2) is 9.79 Å². The molecule has 2 amide bonds. The van der Waals surface area contributed by atoms with Crippen molar-refractivity contribution in [3.63, 3.8) is 0 Å². The van der Waals surface area contributed by atoms with Gasteiger partial charge in [-0.2, -0.15) is 0 Å². The highest BCUT2D eigenvalue weighted by Gasteiger charge is 2.17. The minimum Gasteiger partial charge on any atom is -0.454 e. The number of anilines is 1. The number of fused-ring (bicyclic) bond motifs is 1. The first kappa shape index (κ1) is 20.8. The van der Waals surface area contributed by atoms with Crippen molar-refractivity contribution in [1.29, 1.82) is 0 Å². The highest BCUT2D eigenvalue weighted by atomic mass is 16.7. The van der Waals surface area contributed by atoms with E-state index in [4.69, 9.17) is 9.47 Å². The van der Waals surface area contributed by atoms with Gasteiger partial charge >= 0.3 is 6.03 Å². The molecule has 8 heteroatoms. The molecule has 0 bridgehead atoms. The predicted octanol–water partition coefficient (Wildman–Crippen LogP) is 3.30. The first-order chi connectivity index (χ1) is 15.2. The number of likely N-dealkylation sites (tertiary alicyclic amines) is 1. The van der Waals surface area contributed by atoms with Crippen molar-refractivity contribution in [3.05, 3.63) is 53.6 Å². The lowest BCUT2D eigenvalue weighted by molar-refractivity contribution is 0.174. The van der Waals surface area contributed by atoms with E-state index in [1.165, 1.54) is 0 Å². The van der Waals surface area contributed by atoms with Crippen LogP contribution in [0, 0.1) is 0 Å². The van der Waals surface area contributed by atoms with E-state index in [1.54, 1.807) is 0 Å². The van der Waals surface area contributed by atoms with Crippen molar-refractivity contribution < 1.29 is 14.3 Å². The Morgan fingerprint density at radius 1 is 1.03 bits per heavy atom. The van der Waals surface area contributed by atoms with Crippen molar-refractivity contribution in [2.45, 2.75) is 32.9 Å². The molecule has 4 rings (SSSR count). The Labute approximate surface area is 182 Å². The van der Waals surface area contributed by atoms with E-state index in [-0.39, 0.29) is 12.8 Å². The molecule has 1 saturated heterocycles. The minimum absolute atomic E-state index is 0.0307. The summed E-state index contributed by atoms with van der Waals surface area (Å²) < 4.78 is 10.8. The van der Waals surface area contributed by atoms with Crippen LogP contribution in [0.15, 0.2) is 47.5 Å². The van der Waals surface area contributed by atoms with E-state index in [2.05, 4.69) is 20.9 Å². The summed E-state index contributed by atoms with van der Waals surface area (Å²) in [7, 11) is 0. The van der Waals surface area contributed by atoms with E-state index in [1.807, 2.05) is 54.3 Å². The molecule has 0 aliphatic carbocycles. The van der Waals surface area contributed by atoms with Gasteiger partial charge in [-0.05, 0) is 55.2 Å². The summed E-state index contributed by atoms with van der Waals surface area (Å²) in [6.07, 6.45) is 2.16. The van der Waals surface area contributed by atoms with Crippen LogP contribution >= 0.6 is 0 Å². The smallest absolute Gasteiger partial charge is 0.321 e. The number of hydrogen-bond acceptors (Lipinski definition) is 4. The van der Waals surface area contributed by atoms with Crippen LogP contribution in [0.2, 0.25) is 0 Å². The zero-order valence-corrected chi connectivity index (χ0v) is 17.8. The van der Waals surface area contributed by atoms with Crippen LogP contribution in [0.5, 0.6) is 11.5 Å². The number of nitrogens with zero attached hydrogens (tertiary/aromatic N) is 2. The predicted molar refractivity (Wildman–Crippen MR) is 120 cm³/mol. The molecular weight excluding hydrogens is 394 g/mol. The Hall–Kier alpha value is -3.42. The topological polar surface area (TPSA) is 87.2 Å². The molecule has 2 aromatic carbocycles. The number of benzene rings is 2. The van der Waals surface area contributed by atoms with Gasteiger partial charge in [-0.15, -0.1) is 0 Å². The van der Waals surface area contributed by atoms with Crippen molar-refractivity contribution in [3.8, 4) is 11.5 Å². The minimum atomic E-state index is -0.0307. The summed E-state index contributed by atoms with van der Waals surface area (Å²) in [6.45, 7) is 5.85. The molecule has 2 aliphatic heterocycles. The summed E-state index contributed by atoms with van der Waals surface area (Å²) in [6, 6.07) is 13.7. The second kappa shape index (κ2) is 10.1. The number of ether oxygens (including phenoxy) is 2. The number of aliphatic imine (C=N–C) groups is 1. The summed E-state index contributed by atoms with van der Waals surface area (Å²) >= 11 is 0. The number of rotatable bonds is 6. The van der Waals surface area contributed by atoms with Crippen LogP contribution in [0.3, 0.4) is 0 Å².